The summed E-state index contributed by atoms with van der Waals surface area (Å²) in [5.41, 5.74) is 0. The zero-order valence-corrected chi connectivity index (χ0v) is 11.6. The lowest BCUT2D eigenvalue weighted by molar-refractivity contribution is 0.480. The second-order valence-electron chi connectivity index (χ2n) is 4.93. The van der Waals surface area contributed by atoms with Crippen molar-refractivity contribution in [3.63, 3.8) is 0 Å². The fraction of sp³-hybridized carbons (Fsp3) is 0.571. The van der Waals surface area contributed by atoms with E-state index in [-0.39, 0.29) is 11.3 Å². The highest BCUT2D eigenvalue weighted by Crippen LogP contribution is 2.27. The van der Waals surface area contributed by atoms with Crippen molar-refractivity contribution in [2.75, 3.05) is 7.05 Å². The van der Waals surface area contributed by atoms with Crippen molar-refractivity contribution in [3.8, 4) is 0 Å². The van der Waals surface area contributed by atoms with Crippen LogP contribution in [0.4, 0.5) is 0 Å². The van der Waals surface area contributed by atoms with Crippen molar-refractivity contribution in [1.82, 2.24) is 5.32 Å². The largest absolute Gasteiger partial charge is 0.316 e. The molecule has 18 heavy (non-hydrogen) atoms. The maximum absolute atomic E-state index is 12.7. The first kappa shape index (κ1) is 13.6. The zero-order chi connectivity index (χ0) is 13.0. The van der Waals surface area contributed by atoms with Crippen LogP contribution >= 0.6 is 0 Å². The molecular weight excluding hydrogens is 246 g/mol. The molecule has 1 aliphatic rings. The van der Waals surface area contributed by atoms with Gasteiger partial charge in [0.1, 0.15) is 0 Å². The van der Waals surface area contributed by atoms with Crippen molar-refractivity contribution in [2.45, 2.75) is 48.3 Å². The molecule has 100 valence electrons. The van der Waals surface area contributed by atoms with Crippen LogP contribution < -0.4 is 5.32 Å². The molecule has 3 nitrogen and oxygen atoms in total. The van der Waals surface area contributed by atoms with Crippen molar-refractivity contribution in [1.29, 1.82) is 0 Å². The highest BCUT2D eigenvalue weighted by atomic mass is 32.2. The third kappa shape index (κ3) is 2.75. The summed E-state index contributed by atoms with van der Waals surface area (Å²) in [6, 6.07) is 8.91. The van der Waals surface area contributed by atoms with Gasteiger partial charge in [0, 0.05) is 6.04 Å². The normalized spacial score (nSPS) is 25.6. The van der Waals surface area contributed by atoms with Gasteiger partial charge in [0.05, 0.1) is 10.1 Å². The number of rotatable bonds is 3. The molecule has 0 radical (unpaired) electrons. The first-order valence-electron chi connectivity index (χ1n) is 6.62. The van der Waals surface area contributed by atoms with Gasteiger partial charge in [0.15, 0.2) is 9.84 Å². The van der Waals surface area contributed by atoms with Crippen molar-refractivity contribution >= 4 is 9.84 Å². The van der Waals surface area contributed by atoms with E-state index < -0.39 is 9.84 Å². The Morgan fingerprint density at radius 3 is 2.39 bits per heavy atom. The number of hydrogen-bond donors (Lipinski definition) is 1. The summed E-state index contributed by atoms with van der Waals surface area (Å²) >= 11 is 0. The van der Waals surface area contributed by atoms with Crippen LogP contribution in [0.2, 0.25) is 0 Å². The van der Waals surface area contributed by atoms with E-state index in [1.54, 1.807) is 24.3 Å². The van der Waals surface area contributed by atoms with Gasteiger partial charge in [0.2, 0.25) is 0 Å². The van der Waals surface area contributed by atoms with E-state index in [2.05, 4.69) is 5.32 Å². The Morgan fingerprint density at radius 2 is 1.72 bits per heavy atom. The second kappa shape index (κ2) is 5.85. The molecule has 2 atom stereocenters. The van der Waals surface area contributed by atoms with Gasteiger partial charge in [-0.1, -0.05) is 37.5 Å². The van der Waals surface area contributed by atoms with Gasteiger partial charge in [-0.15, -0.1) is 0 Å². The summed E-state index contributed by atoms with van der Waals surface area (Å²) in [6.07, 6.45) is 4.98. The smallest absolute Gasteiger partial charge is 0.182 e. The van der Waals surface area contributed by atoms with E-state index >= 15 is 0 Å². The first-order valence-corrected chi connectivity index (χ1v) is 8.17. The van der Waals surface area contributed by atoms with Crippen molar-refractivity contribution < 1.29 is 8.42 Å². The lowest BCUT2D eigenvalue weighted by Crippen LogP contribution is -2.41. The summed E-state index contributed by atoms with van der Waals surface area (Å²) in [6.45, 7) is 0. The van der Waals surface area contributed by atoms with E-state index in [1.807, 2.05) is 13.1 Å². The summed E-state index contributed by atoms with van der Waals surface area (Å²) in [5.74, 6) is 0. The average molecular weight is 267 g/mol. The van der Waals surface area contributed by atoms with Crippen LogP contribution in [0.1, 0.15) is 32.1 Å². The number of benzene rings is 1. The number of hydrogen-bond acceptors (Lipinski definition) is 3. The van der Waals surface area contributed by atoms with Gasteiger partial charge >= 0.3 is 0 Å². The Balaban J connectivity index is 2.32. The minimum absolute atomic E-state index is 0.0812. The standard InChI is InChI=1S/C14H21NO2S/c1-15-13-10-6-3-7-11-14(13)18(16,17)12-8-4-2-5-9-12/h2,4-5,8-9,13-15H,3,6-7,10-11H2,1H3. The van der Waals surface area contributed by atoms with Crippen LogP contribution in [-0.2, 0) is 9.84 Å². The molecule has 0 amide bonds. The molecule has 1 saturated carbocycles. The summed E-state index contributed by atoms with van der Waals surface area (Å²) in [5, 5.41) is 2.91. The van der Waals surface area contributed by atoms with E-state index in [4.69, 9.17) is 0 Å². The molecule has 2 unspecified atom stereocenters. The van der Waals surface area contributed by atoms with E-state index in [0.29, 0.717) is 4.90 Å². The van der Waals surface area contributed by atoms with E-state index in [0.717, 1.165) is 32.1 Å². The minimum atomic E-state index is -3.21. The molecule has 1 aromatic rings. The summed E-state index contributed by atoms with van der Waals surface area (Å²) in [7, 11) is -1.34. The van der Waals surface area contributed by atoms with Gasteiger partial charge in [-0.25, -0.2) is 8.42 Å². The van der Waals surface area contributed by atoms with E-state index in [9.17, 15) is 8.42 Å². The zero-order valence-electron chi connectivity index (χ0n) is 10.8. The SMILES string of the molecule is CNC1CCCCCC1S(=O)(=O)c1ccccc1. The molecule has 1 aliphatic carbocycles. The molecule has 0 aliphatic heterocycles. The predicted molar refractivity (Wildman–Crippen MR) is 73.3 cm³/mol. The monoisotopic (exact) mass is 267 g/mol. The van der Waals surface area contributed by atoms with Crippen LogP contribution in [0.3, 0.4) is 0 Å². The fourth-order valence-corrected chi connectivity index (χ4v) is 4.83. The summed E-state index contributed by atoms with van der Waals surface area (Å²) in [4.78, 5) is 0.456. The Morgan fingerprint density at radius 1 is 1.06 bits per heavy atom. The molecule has 1 fully saturated rings. The molecule has 2 rings (SSSR count). The third-order valence-corrected chi connectivity index (χ3v) is 6.08. The number of nitrogens with one attached hydrogen (secondary N) is 1. The Kier molecular flexibility index (Phi) is 4.40. The third-order valence-electron chi connectivity index (χ3n) is 3.79. The van der Waals surface area contributed by atoms with E-state index in [1.165, 1.54) is 0 Å². The Labute approximate surface area is 110 Å². The quantitative estimate of drug-likeness (QED) is 0.855. The van der Waals surface area contributed by atoms with Crippen LogP contribution in [-0.4, -0.2) is 26.8 Å². The maximum Gasteiger partial charge on any atom is 0.182 e. The maximum atomic E-state index is 12.7. The highest BCUT2D eigenvalue weighted by Gasteiger charge is 2.34. The molecule has 1 aromatic carbocycles. The predicted octanol–water partition coefficient (Wildman–Crippen LogP) is 2.38. The molecule has 4 heteroatoms. The van der Waals surface area contributed by atoms with Gasteiger partial charge < -0.3 is 5.32 Å². The highest BCUT2D eigenvalue weighted by molar-refractivity contribution is 7.92. The van der Waals surface area contributed by atoms with Gasteiger partial charge in [-0.2, -0.15) is 0 Å². The van der Waals surface area contributed by atoms with Crippen LogP contribution in [0.5, 0.6) is 0 Å². The first-order chi connectivity index (χ1) is 8.66. The van der Waals surface area contributed by atoms with Crippen molar-refractivity contribution in [2.24, 2.45) is 0 Å². The Bertz CT molecular complexity index is 470. The minimum Gasteiger partial charge on any atom is -0.316 e. The molecule has 1 N–H and O–H groups in total. The lowest BCUT2D eigenvalue weighted by Gasteiger charge is -2.24. The summed E-state index contributed by atoms with van der Waals surface area (Å²) < 4.78 is 25.3. The molecule has 0 saturated heterocycles. The van der Waals surface area contributed by atoms with Crippen LogP contribution in [0.25, 0.3) is 0 Å². The van der Waals surface area contributed by atoms with Gasteiger partial charge in [-0.3, -0.25) is 0 Å². The second-order valence-corrected chi connectivity index (χ2v) is 7.10. The molecule has 0 spiro atoms. The van der Waals surface area contributed by atoms with Crippen LogP contribution in [0.15, 0.2) is 35.2 Å². The molecule has 0 bridgehead atoms. The molecule has 0 heterocycles. The molecular formula is C14H21NO2S. The Hall–Kier alpha value is -0.870. The topological polar surface area (TPSA) is 46.2 Å². The van der Waals surface area contributed by atoms with Crippen molar-refractivity contribution in [3.05, 3.63) is 30.3 Å². The fourth-order valence-electron chi connectivity index (χ4n) is 2.76. The van der Waals surface area contributed by atoms with Crippen LogP contribution in [0, 0.1) is 0 Å². The average Bonchev–Trinajstić information content (AvgIpc) is 2.65. The number of sulfone groups is 1. The lowest BCUT2D eigenvalue weighted by atomic mass is 10.1. The molecule has 0 aromatic heterocycles. The van der Waals surface area contributed by atoms with Gasteiger partial charge in [-0.05, 0) is 32.0 Å². The van der Waals surface area contributed by atoms with Gasteiger partial charge in [0.25, 0.3) is 0 Å².